The first-order chi connectivity index (χ1) is 8.06. The van der Waals surface area contributed by atoms with Gasteiger partial charge in [-0.05, 0) is 62.2 Å². The second kappa shape index (κ2) is 5.87. The van der Waals surface area contributed by atoms with Crippen molar-refractivity contribution in [3.05, 3.63) is 54.3 Å². The minimum atomic E-state index is 1.00. The SMILES string of the molecule is Brc1cccc(Nc2cc(Br)cc(Br)c2Br)c1. The van der Waals surface area contributed by atoms with Crippen molar-refractivity contribution in [3.8, 4) is 0 Å². The fourth-order valence-electron chi connectivity index (χ4n) is 1.37. The summed E-state index contributed by atoms with van der Waals surface area (Å²) in [6, 6.07) is 12.1. The predicted octanol–water partition coefficient (Wildman–Crippen LogP) is 6.48. The number of halogens is 4. The van der Waals surface area contributed by atoms with Crippen molar-refractivity contribution >= 4 is 75.1 Å². The second-order valence-electron chi connectivity index (χ2n) is 3.38. The van der Waals surface area contributed by atoms with Crippen molar-refractivity contribution in [1.82, 2.24) is 0 Å². The largest absolute Gasteiger partial charge is 0.355 e. The third kappa shape index (κ3) is 3.56. The molecule has 0 unspecified atom stereocenters. The van der Waals surface area contributed by atoms with Crippen molar-refractivity contribution in [2.45, 2.75) is 0 Å². The van der Waals surface area contributed by atoms with Gasteiger partial charge in [0.1, 0.15) is 0 Å². The zero-order valence-electron chi connectivity index (χ0n) is 8.48. The first kappa shape index (κ1) is 13.6. The minimum Gasteiger partial charge on any atom is -0.355 e. The molecule has 1 N–H and O–H groups in total. The van der Waals surface area contributed by atoms with E-state index in [-0.39, 0.29) is 0 Å². The topological polar surface area (TPSA) is 12.0 Å². The summed E-state index contributed by atoms with van der Waals surface area (Å²) >= 11 is 14.0. The molecule has 0 atom stereocenters. The van der Waals surface area contributed by atoms with E-state index < -0.39 is 0 Å². The van der Waals surface area contributed by atoms with Crippen LogP contribution in [0.1, 0.15) is 0 Å². The average molecular weight is 485 g/mol. The van der Waals surface area contributed by atoms with Crippen LogP contribution < -0.4 is 5.32 Å². The summed E-state index contributed by atoms with van der Waals surface area (Å²) in [7, 11) is 0. The number of rotatable bonds is 2. The molecule has 0 radical (unpaired) electrons. The van der Waals surface area contributed by atoms with Gasteiger partial charge in [0.05, 0.1) is 10.2 Å². The molecule has 0 aliphatic heterocycles. The third-order valence-electron chi connectivity index (χ3n) is 2.10. The van der Waals surface area contributed by atoms with Crippen molar-refractivity contribution in [1.29, 1.82) is 0 Å². The maximum Gasteiger partial charge on any atom is 0.0553 e. The molecule has 0 amide bonds. The normalized spacial score (nSPS) is 10.4. The summed E-state index contributed by atoms with van der Waals surface area (Å²) in [5.74, 6) is 0. The van der Waals surface area contributed by atoms with Crippen LogP contribution in [-0.4, -0.2) is 0 Å². The van der Waals surface area contributed by atoms with Crippen LogP contribution >= 0.6 is 63.7 Å². The van der Waals surface area contributed by atoms with E-state index in [2.05, 4.69) is 69.0 Å². The molecule has 0 fully saturated rings. The van der Waals surface area contributed by atoms with Gasteiger partial charge in [0, 0.05) is 19.1 Å². The third-order valence-corrected chi connectivity index (χ3v) is 5.06. The maximum absolute atomic E-state index is 3.55. The van der Waals surface area contributed by atoms with Crippen LogP contribution in [0.25, 0.3) is 0 Å². The summed E-state index contributed by atoms with van der Waals surface area (Å²) in [4.78, 5) is 0. The Morgan fingerprint density at radius 1 is 0.824 bits per heavy atom. The smallest absolute Gasteiger partial charge is 0.0553 e. The van der Waals surface area contributed by atoms with Gasteiger partial charge in [-0.1, -0.05) is 37.9 Å². The van der Waals surface area contributed by atoms with Crippen molar-refractivity contribution < 1.29 is 0 Å². The van der Waals surface area contributed by atoms with Gasteiger partial charge in [-0.25, -0.2) is 0 Å². The van der Waals surface area contributed by atoms with E-state index in [1.54, 1.807) is 0 Å². The highest BCUT2D eigenvalue weighted by molar-refractivity contribution is 9.13. The molecular formula is C12H7Br4N. The molecule has 1 nitrogen and oxygen atoms in total. The fraction of sp³-hybridized carbons (Fsp3) is 0. The zero-order chi connectivity index (χ0) is 12.4. The predicted molar refractivity (Wildman–Crippen MR) is 87.0 cm³/mol. The summed E-state index contributed by atoms with van der Waals surface area (Å²) in [5.41, 5.74) is 2.04. The zero-order valence-corrected chi connectivity index (χ0v) is 14.8. The van der Waals surface area contributed by atoms with Crippen molar-refractivity contribution in [2.75, 3.05) is 5.32 Å². The molecule has 17 heavy (non-hydrogen) atoms. The van der Waals surface area contributed by atoms with Gasteiger partial charge in [-0.15, -0.1) is 0 Å². The monoisotopic (exact) mass is 481 g/mol. The van der Waals surface area contributed by atoms with E-state index in [1.807, 2.05) is 36.4 Å². The average Bonchev–Trinajstić information content (AvgIpc) is 2.25. The van der Waals surface area contributed by atoms with Crippen LogP contribution in [0, 0.1) is 0 Å². The van der Waals surface area contributed by atoms with Crippen LogP contribution in [0.15, 0.2) is 54.3 Å². The summed E-state index contributed by atoms with van der Waals surface area (Å²) < 4.78 is 4.07. The molecule has 0 heterocycles. The molecule has 0 spiro atoms. The highest BCUT2D eigenvalue weighted by atomic mass is 79.9. The molecule has 5 heteroatoms. The first-order valence-corrected chi connectivity index (χ1v) is 7.90. The molecule has 0 bridgehead atoms. The van der Waals surface area contributed by atoms with Gasteiger partial charge in [0.25, 0.3) is 0 Å². The first-order valence-electron chi connectivity index (χ1n) is 4.73. The van der Waals surface area contributed by atoms with Crippen molar-refractivity contribution in [2.24, 2.45) is 0 Å². The van der Waals surface area contributed by atoms with Gasteiger partial charge >= 0.3 is 0 Å². The lowest BCUT2D eigenvalue weighted by atomic mass is 10.3. The van der Waals surface area contributed by atoms with Gasteiger partial charge in [0.2, 0.25) is 0 Å². The van der Waals surface area contributed by atoms with E-state index >= 15 is 0 Å². The standard InChI is InChI=1S/C12H7Br4N/c13-7-2-1-3-9(4-7)17-11-6-8(14)5-10(15)12(11)16/h1-6,17H. The quantitative estimate of drug-likeness (QED) is 0.481. The van der Waals surface area contributed by atoms with Gasteiger partial charge in [-0.2, -0.15) is 0 Å². The Kier molecular flexibility index (Phi) is 4.69. The number of benzene rings is 2. The number of anilines is 2. The molecule has 0 aliphatic rings. The highest BCUT2D eigenvalue weighted by Crippen LogP contribution is 2.36. The lowest BCUT2D eigenvalue weighted by molar-refractivity contribution is 1.47. The minimum absolute atomic E-state index is 1.00. The Bertz CT molecular complexity index is 554. The molecule has 88 valence electrons. The molecule has 2 aromatic rings. The number of hydrogen-bond acceptors (Lipinski definition) is 1. The van der Waals surface area contributed by atoms with Crippen LogP contribution in [0.3, 0.4) is 0 Å². The molecular weight excluding hydrogens is 478 g/mol. The molecule has 0 aliphatic carbocycles. The van der Waals surface area contributed by atoms with Crippen molar-refractivity contribution in [3.63, 3.8) is 0 Å². The summed E-state index contributed by atoms with van der Waals surface area (Å²) in [5, 5.41) is 3.36. The van der Waals surface area contributed by atoms with Crippen LogP contribution in [0.4, 0.5) is 11.4 Å². The van der Waals surface area contributed by atoms with E-state index in [1.165, 1.54) is 0 Å². The molecule has 2 rings (SSSR count). The number of hydrogen-bond donors (Lipinski definition) is 1. The van der Waals surface area contributed by atoms with Crippen LogP contribution in [-0.2, 0) is 0 Å². The van der Waals surface area contributed by atoms with E-state index in [4.69, 9.17) is 0 Å². The molecule has 0 saturated carbocycles. The van der Waals surface area contributed by atoms with E-state index in [0.717, 1.165) is 29.3 Å². The second-order valence-corrected chi connectivity index (χ2v) is 6.86. The molecule has 2 aromatic carbocycles. The lowest BCUT2D eigenvalue weighted by Gasteiger charge is -2.11. The van der Waals surface area contributed by atoms with Crippen LogP contribution in [0.2, 0.25) is 0 Å². The Morgan fingerprint density at radius 3 is 2.29 bits per heavy atom. The maximum atomic E-state index is 3.55. The van der Waals surface area contributed by atoms with Gasteiger partial charge in [0.15, 0.2) is 0 Å². The summed E-state index contributed by atoms with van der Waals surface area (Å²) in [6.45, 7) is 0. The Balaban J connectivity index is 2.36. The van der Waals surface area contributed by atoms with Crippen LogP contribution in [0.5, 0.6) is 0 Å². The van der Waals surface area contributed by atoms with Gasteiger partial charge < -0.3 is 5.32 Å². The Labute approximate surface area is 134 Å². The Hall–Kier alpha value is 0.160. The molecule has 0 aromatic heterocycles. The highest BCUT2D eigenvalue weighted by Gasteiger charge is 2.06. The summed E-state index contributed by atoms with van der Waals surface area (Å²) in [6.07, 6.45) is 0. The van der Waals surface area contributed by atoms with Gasteiger partial charge in [-0.3, -0.25) is 0 Å². The molecule has 0 saturated heterocycles. The lowest BCUT2D eigenvalue weighted by Crippen LogP contribution is -1.92. The number of nitrogens with one attached hydrogen (secondary N) is 1. The van der Waals surface area contributed by atoms with E-state index in [0.29, 0.717) is 0 Å². The van der Waals surface area contributed by atoms with E-state index in [9.17, 15) is 0 Å². The fourth-order valence-corrected chi connectivity index (χ4v) is 3.32. The Morgan fingerprint density at radius 2 is 1.59 bits per heavy atom.